The third-order valence-electron chi connectivity index (χ3n) is 5.17. The molecule has 100 valence electrons. The highest BCUT2D eigenvalue weighted by Crippen LogP contribution is 2.40. The normalized spacial score (nSPS) is 35.3. The molecule has 0 aromatic rings. The van der Waals surface area contributed by atoms with Crippen LogP contribution < -0.4 is 5.32 Å². The molecule has 0 radical (unpaired) electrons. The molecule has 17 heavy (non-hydrogen) atoms. The molecule has 0 aromatic heterocycles. The summed E-state index contributed by atoms with van der Waals surface area (Å²) in [5.41, 5.74) is 0. The van der Waals surface area contributed by atoms with Gasteiger partial charge in [0.05, 0.1) is 0 Å². The summed E-state index contributed by atoms with van der Waals surface area (Å²) < 4.78 is 0. The predicted molar refractivity (Wildman–Crippen MR) is 75.1 cm³/mol. The van der Waals surface area contributed by atoms with Gasteiger partial charge in [-0.05, 0) is 56.0 Å². The van der Waals surface area contributed by atoms with Crippen molar-refractivity contribution in [2.24, 2.45) is 23.7 Å². The fraction of sp³-hybridized carbons (Fsp3) is 1.00. The number of hydrogen-bond acceptors (Lipinski definition) is 1. The Bertz CT molecular complexity index is 206. The molecular weight excluding hydrogens is 206 g/mol. The van der Waals surface area contributed by atoms with E-state index in [1.165, 1.54) is 51.5 Å². The quantitative estimate of drug-likeness (QED) is 0.754. The second-order valence-electron chi connectivity index (χ2n) is 6.63. The van der Waals surface area contributed by atoms with E-state index in [1.54, 1.807) is 6.42 Å². The van der Waals surface area contributed by atoms with Gasteiger partial charge in [0, 0.05) is 0 Å². The largest absolute Gasteiger partial charge is 0.317 e. The predicted octanol–water partition coefficient (Wildman–Crippen LogP) is 4.23. The Kier molecular flexibility index (Phi) is 5.34. The molecular formula is C16H31N. The maximum Gasteiger partial charge on any atom is -0.00180 e. The van der Waals surface area contributed by atoms with E-state index < -0.39 is 0 Å². The Hall–Kier alpha value is -0.0400. The van der Waals surface area contributed by atoms with Crippen LogP contribution in [-0.2, 0) is 0 Å². The molecule has 2 aliphatic rings. The first-order valence-corrected chi connectivity index (χ1v) is 8.00. The van der Waals surface area contributed by atoms with Gasteiger partial charge < -0.3 is 5.32 Å². The summed E-state index contributed by atoms with van der Waals surface area (Å²) in [7, 11) is 0. The summed E-state index contributed by atoms with van der Waals surface area (Å²) in [6.45, 7) is 7.12. The maximum atomic E-state index is 3.59. The second-order valence-corrected chi connectivity index (χ2v) is 6.63. The van der Waals surface area contributed by atoms with Crippen molar-refractivity contribution in [3.05, 3.63) is 0 Å². The lowest BCUT2D eigenvalue weighted by Crippen LogP contribution is -2.33. The van der Waals surface area contributed by atoms with Gasteiger partial charge in [0.25, 0.3) is 0 Å². The van der Waals surface area contributed by atoms with Gasteiger partial charge in [-0.25, -0.2) is 0 Å². The zero-order valence-corrected chi connectivity index (χ0v) is 11.9. The summed E-state index contributed by atoms with van der Waals surface area (Å²) >= 11 is 0. The summed E-state index contributed by atoms with van der Waals surface area (Å²) in [5.74, 6) is 4.07. The Morgan fingerprint density at radius 2 is 1.76 bits per heavy atom. The summed E-state index contributed by atoms with van der Waals surface area (Å²) in [5, 5.41) is 3.59. The Morgan fingerprint density at radius 3 is 2.47 bits per heavy atom. The van der Waals surface area contributed by atoms with Crippen molar-refractivity contribution in [2.75, 3.05) is 13.1 Å². The van der Waals surface area contributed by atoms with Crippen LogP contribution in [0.3, 0.4) is 0 Å². The first kappa shape index (κ1) is 13.4. The van der Waals surface area contributed by atoms with E-state index in [-0.39, 0.29) is 0 Å². The minimum Gasteiger partial charge on any atom is -0.317 e. The standard InChI is InChI=1S/C16H31N/c1-3-17-12-15-9-8-13(2)10-16(15)11-14-6-4-5-7-14/h13-17H,3-12H2,1-2H3. The zero-order chi connectivity index (χ0) is 12.1. The Morgan fingerprint density at radius 1 is 1.00 bits per heavy atom. The van der Waals surface area contributed by atoms with Crippen LogP contribution in [0.25, 0.3) is 0 Å². The lowest BCUT2D eigenvalue weighted by Gasteiger charge is -2.36. The van der Waals surface area contributed by atoms with Crippen LogP contribution in [-0.4, -0.2) is 13.1 Å². The van der Waals surface area contributed by atoms with E-state index in [4.69, 9.17) is 0 Å². The minimum absolute atomic E-state index is 0.978. The van der Waals surface area contributed by atoms with Gasteiger partial charge >= 0.3 is 0 Å². The van der Waals surface area contributed by atoms with E-state index in [1.807, 2.05) is 0 Å². The molecule has 0 saturated heterocycles. The van der Waals surface area contributed by atoms with Crippen LogP contribution in [0.5, 0.6) is 0 Å². The minimum atomic E-state index is 0.978. The van der Waals surface area contributed by atoms with E-state index >= 15 is 0 Å². The van der Waals surface area contributed by atoms with E-state index in [0.29, 0.717) is 0 Å². The first-order valence-electron chi connectivity index (χ1n) is 8.00. The van der Waals surface area contributed by atoms with E-state index in [9.17, 15) is 0 Å². The van der Waals surface area contributed by atoms with E-state index in [0.717, 1.165) is 30.2 Å². The van der Waals surface area contributed by atoms with Crippen molar-refractivity contribution in [2.45, 2.75) is 65.2 Å². The summed E-state index contributed by atoms with van der Waals surface area (Å²) in [4.78, 5) is 0. The Balaban J connectivity index is 1.83. The molecule has 0 heterocycles. The molecule has 3 atom stereocenters. The van der Waals surface area contributed by atoms with Crippen LogP contribution in [0.1, 0.15) is 65.2 Å². The highest BCUT2D eigenvalue weighted by atomic mass is 14.8. The molecule has 1 N–H and O–H groups in total. The van der Waals surface area contributed by atoms with Crippen molar-refractivity contribution >= 4 is 0 Å². The SMILES string of the molecule is CCNCC1CCC(C)CC1CC1CCCC1. The second kappa shape index (κ2) is 6.78. The molecule has 2 rings (SSSR count). The number of hydrogen-bond donors (Lipinski definition) is 1. The molecule has 0 bridgehead atoms. The molecule has 1 nitrogen and oxygen atoms in total. The molecule has 0 aliphatic heterocycles. The lowest BCUT2D eigenvalue weighted by atomic mass is 9.71. The molecule has 2 saturated carbocycles. The third kappa shape index (κ3) is 3.98. The van der Waals surface area contributed by atoms with Crippen LogP contribution in [0.4, 0.5) is 0 Å². The molecule has 2 fully saturated rings. The average Bonchev–Trinajstić information content (AvgIpc) is 2.81. The van der Waals surface area contributed by atoms with Gasteiger partial charge in [-0.15, -0.1) is 0 Å². The van der Waals surface area contributed by atoms with Crippen molar-refractivity contribution in [1.29, 1.82) is 0 Å². The summed E-state index contributed by atoms with van der Waals surface area (Å²) in [6.07, 6.45) is 12.1. The van der Waals surface area contributed by atoms with Crippen LogP contribution >= 0.6 is 0 Å². The van der Waals surface area contributed by atoms with Gasteiger partial charge in [-0.1, -0.05) is 46.0 Å². The fourth-order valence-electron chi connectivity index (χ4n) is 4.12. The topological polar surface area (TPSA) is 12.0 Å². The fourth-order valence-corrected chi connectivity index (χ4v) is 4.12. The monoisotopic (exact) mass is 237 g/mol. The molecule has 0 spiro atoms. The molecule has 0 aromatic carbocycles. The number of rotatable bonds is 5. The van der Waals surface area contributed by atoms with Gasteiger partial charge in [-0.3, -0.25) is 0 Å². The third-order valence-corrected chi connectivity index (χ3v) is 5.17. The molecule has 2 aliphatic carbocycles. The van der Waals surface area contributed by atoms with Crippen molar-refractivity contribution < 1.29 is 0 Å². The lowest BCUT2D eigenvalue weighted by molar-refractivity contribution is 0.156. The molecule has 1 heteroatoms. The van der Waals surface area contributed by atoms with Crippen molar-refractivity contribution in [3.8, 4) is 0 Å². The first-order chi connectivity index (χ1) is 8.29. The van der Waals surface area contributed by atoms with Crippen molar-refractivity contribution in [3.63, 3.8) is 0 Å². The van der Waals surface area contributed by atoms with E-state index in [2.05, 4.69) is 19.2 Å². The van der Waals surface area contributed by atoms with Gasteiger partial charge in [0.1, 0.15) is 0 Å². The smallest absolute Gasteiger partial charge is 0.00180 e. The van der Waals surface area contributed by atoms with Gasteiger partial charge in [0.2, 0.25) is 0 Å². The van der Waals surface area contributed by atoms with Gasteiger partial charge in [0.15, 0.2) is 0 Å². The zero-order valence-electron chi connectivity index (χ0n) is 11.9. The molecule has 3 unspecified atom stereocenters. The Labute approximate surface area is 108 Å². The summed E-state index contributed by atoms with van der Waals surface area (Å²) in [6, 6.07) is 0. The maximum absolute atomic E-state index is 3.59. The van der Waals surface area contributed by atoms with Crippen LogP contribution in [0.2, 0.25) is 0 Å². The molecule has 0 amide bonds. The number of nitrogens with one attached hydrogen (secondary N) is 1. The van der Waals surface area contributed by atoms with Crippen LogP contribution in [0, 0.1) is 23.7 Å². The van der Waals surface area contributed by atoms with Gasteiger partial charge in [-0.2, -0.15) is 0 Å². The highest BCUT2D eigenvalue weighted by Gasteiger charge is 2.30. The highest BCUT2D eigenvalue weighted by molar-refractivity contribution is 4.83. The van der Waals surface area contributed by atoms with Crippen molar-refractivity contribution in [1.82, 2.24) is 5.32 Å². The average molecular weight is 237 g/mol. The van der Waals surface area contributed by atoms with Crippen LogP contribution in [0.15, 0.2) is 0 Å².